The molecule has 0 fully saturated rings. The van der Waals surface area contributed by atoms with Gasteiger partial charge in [-0.05, 0) is 84.0 Å². The van der Waals surface area contributed by atoms with Crippen LogP contribution in [0.2, 0.25) is 5.02 Å². The zero-order valence-electron chi connectivity index (χ0n) is 22.7. The van der Waals surface area contributed by atoms with Crippen LogP contribution in [0.5, 0.6) is 11.5 Å². The van der Waals surface area contributed by atoms with Crippen LogP contribution in [-0.2, 0) is 19.6 Å². The Kier molecular flexibility index (Phi) is 7.53. The Morgan fingerprint density at radius 3 is 2.51 bits per heavy atom. The fraction of sp³-hybridized carbons (Fsp3) is 0.143. The van der Waals surface area contributed by atoms with Crippen LogP contribution in [0.4, 0.5) is 0 Å². The zero-order chi connectivity index (χ0) is 28.5. The molecule has 0 unspecified atom stereocenters. The quantitative estimate of drug-likeness (QED) is 0.178. The van der Waals surface area contributed by atoms with Crippen LogP contribution in [0.1, 0.15) is 38.9 Å². The number of ether oxygens (including phenoxy) is 2. The van der Waals surface area contributed by atoms with E-state index in [9.17, 15) is 5.26 Å². The molecule has 1 aliphatic rings. The summed E-state index contributed by atoms with van der Waals surface area (Å²) >= 11 is 10.6. The normalized spacial score (nSPS) is 11.5. The largest absolute Gasteiger partial charge is 0.488 e. The Labute approximate surface area is 253 Å². The molecule has 0 aliphatic heterocycles. The molecule has 0 amide bonds. The summed E-state index contributed by atoms with van der Waals surface area (Å²) in [6.07, 6.45) is 4.02. The lowest BCUT2D eigenvalue weighted by Crippen LogP contribution is -2.01. The minimum Gasteiger partial charge on any atom is -0.488 e. The van der Waals surface area contributed by atoms with Gasteiger partial charge in [-0.2, -0.15) is 5.26 Å². The Morgan fingerprint density at radius 1 is 0.878 bits per heavy atom. The van der Waals surface area contributed by atoms with E-state index in [0.717, 1.165) is 61.3 Å². The third-order valence-corrected chi connectivity index (χ3v) is 8.70. The van der Waals surface area contributed by atoms with Crippen LogP contribution in [0.15, 0.2) is 89.7 Å². The van der Waals surface area contributed by atoms with Crippen molar-refractivity contribution in [3.63, 3.8) is 0 Å². The highest BCUT2D eigenvalue weighted by Gasteiger charge is 2.29. The van der Waals surface area contributed by atoms with Gasteiger partial charge in [-0.1, -0.05) is 70.0 Å². The van der Waals surface area contributed by atoms with Crippen molar-refractivity contribution >= 4 is 27.5 Å². The predicted molar refractivity (Wildman–Crippen MR) is 166 cm³/mol. The highest BCUT2D eigenvalue weighted by atomic mass is 79.9. The van der Waals surface area contributed by atoms with E-state index in [-0.39, 0.29) is 0 Å². The molecule has 1 aromatic heterocycles. The Hall–Kier alpha value is -4.11. The number of benzene rings is 4. The van der Waals surface area contributed by atoms with Crippen molar-refractivity contribution in [2.45, 2.75) is 33.5 Å². The minimum atomic E-state index is 0.307. The number of hydrogen-bond donors (Lipinski definition) is 0. The van der Waals surface area contributed by atoms with Crippen molar-refractivity contribution in [1.29, 1.82) is 5.26 Å². The van der Waals surface area contributed by atoms with Gasteiger partial charge >= 0.3 is 0 Å². The third kappa shape index (κ3) is 5.22. The first-order valence-corrected chi connectivity index (χ1v) is 14.5. The van der Waals surface area contributed by atoms with Crippen molar-refractivity contribution in [2.24, 2.45) is 0 Å². The molecular weight excluding hydrogens is 596 g/mol. The van der Waals surface area contributed by atoms with Gasteiger partial charge in [0.05, 0.1) is 5.56 Å². The number of aryl methyl sites for hydroxylation is 1. The smallest absolute Gasteiger partial charge is 0.127 e. The molecule has 41 heavy (non-hydrogen) atoms. The van der Waals surface area contributed by atoms with Crippen molar-refractivity contribution in [1.82, 2.24) is 4.98 Å². The summed E-state index contributed by atoms with van der Waals surface area (Å²) < 4.78 is 13.8. The molecule has 0 radical (unpaired) electrons. The molecule has 0 saturated heterocycles. The number of nitriles is 1. The van der Waals surface area contributed by atoms with Gasteiger partial charge in [-0.3, -0.25) is 4.98 Å². The molecule has 202 valence electrons. The SMILES string of the molecule is Cc1cc(Cl)c2c(c1-c1ccccc1OCc1cncc(C#N)c1)Cc1cccc(OCc3cccc(Br)c3C)c1-2. The number of rotatable bonds is 7. The van der Waals surface area contributed by atoms with Gasteiger partial charge in [0.25, 0.3) is 0 Å². The first kappa shape index (κ1) is 27.1. The second kappa shape index (κ2) is 11.4. The summed E-state index contributed by atoms with van der Waals surface area (Å²) in [5.74, 6) is 1.59. The first-order chi connectivity index (χ1) is 19.9. The second-order valence-corrected chi connectivity index (χ2v) is 11.4. The van der Waals surface area contributed by atoms with Crippen molar-refractivity contribution in [3.8, 4) is 39.8 Å². The van der Waals surface area contributed by atoms with E-state index in [1.807, 2.05) is 42.5 Å². The molecular formula is C35H26BrClN2O2. The number of para-hydroxylation sites is 1. The van der Waals surface area contributed by atoms with Gasteiger partial charge in [0.1, 0.15) is 30.8 Å². The summed E-state index contributed by atoms with van der Waals surface area (Å²) in [6, 6.07) is 26.4. The maximum Gasteiger partial charge on any atom is 0.127 e. The van der Waals surface area contributed by atoms with Gasteiger partial charge in [-0.25, -0.2) is 0 Å². The first-order valence-electron chi connectivity index (χ1n) is 13.3. The minimum absolute atomic E-state index is 0.307. The standard InChI is InChI=1S/C35H26BrClN2O2/c1-21-13-30(37)35-28(15-25-7-6-12-32(34(25)35)41-20-26-8-5-10-29(36)22(26)2)33(21)27-9-3-4-11-31(27)40-19-24-14-23(16-38)17-39-18-24/h3-14,17-18H,15,19-20H2,1-2H3. The lowest BCUT2D eigenvalue weighted by Gasteiger charge is -2.19. The lowest BCUT2D eigenvalue weighted by molar-refractivity contribution is 0.306. The third-order valence-electron chi connectivity index (χ3n) is 7.55. The number of halogens is 2. The Bertz CT molecular complexity index is 1840. The number of aromatic nitrogens is 1. The highest BCUT2D eigenvalue weighted by Crippen LogP contribution is 2.51. The number of fused-ring (bicyclic) bond motifs is 3. The molecule has 4 aromatic carbocycles. The summed E-state index contributed by atoms with van der Waals surface area (Å²) in [4.78, 5) is 4.16. The lowest BCUT2D eigenvalue weighted by atomic mass is 9.91. The van der Waals surface area contributed by atoms with Crippen LogP contribution < -0.4 is 9.47 Å². The molecule has 0 bridgehead atoms. The maximum absolute atomic E-state index is 9.24. The second-order valence-electron chi connectivity index (χ2n) is 10.2. The van der Waals surface area contributed by atoms with E-state index in [4.69, 9.17) is 21.1 Å². The van der Waals surface area contributed by atoms with Crippen LogP contribution in [0.25, 0.3) is 22.3 Å². The fourth-order valence-electron chi connectivity index (χ4n) is 5.53. The molecule has 1 heterocycles. The highest BCUT2D eigenvalue weighted by molar-refractivity contribution is 9.10. The van der Waals surface area contributed by atoms with E-state index in [2.05, 4.69) is 65.1 Å². The summed E-state index contributed by atoms with van der Waals surface area (Å²) in [5.41, 5.74) is 11.3. The van der Waals surface area contributed by atoms with E-state index < -0.39 is 0 Å². The number of hydrogen-bond acceptors (Lipinski definition) is 4. The molecule has 0 atom stereocenters. The van der Waals surface area contributed by atoms with Gasteiger partial charge in [0.2, 0.25) is 0 Å². The van der Waals surface area contributed by atoms with Crippen LogP contribution in [-0.4, -0.2) is 4.98 Å². The molecule has 0 saturated carbocycles. The monoisotopic (exact) mass is 620 g/mol. The van der Waals surface area contributed by atoms with Crippen molar-refractivity contribution in [2.75, 3.05) is 0 Å². The van der Waals surface area contributed by atoms with Crippen LogP contribution in [0.3, 0.4) is 0 Å². The van der Waals surface area contributed by atoms with Gasteiger partial charge < -0.3 is 9.47 Å². The molecule has 4 nitrogen and oxygen atoms in total. The average Bonchev–Trinajstić information content (AvgIpc) is 3.38. The van der Waals surface area contributed by atoms with Gasteiger partial charge in [0.15, 0.2) is 0 Å². The number of nitrogens with zero attached hydrogens (tertiary/aromatic N) is 2. The topological polar surface area (TPSA) is 55.1 Å². The number of pyridine rings is 1. The summed E-state index contributed by atoms with van der Waals surface area (Å²) in [7, 11) is 0. The van der Waals surface area contributed by atoms with Crippen molar-refractivity contribution in [3.05, 3.63) is 134 Å². The molecule has 5 aromatic rings. The molecule has 6 heteroatoms. The average molecular weight is 622 g/mol. The molecule has 1 aliphatic carbocycles. The molecule has 6 rings (SSSR count). The molecule has 0 spiro atoms. The summed E-state index contributed by atoms with van der Waals surface area (Å²) in [5, 5.41) is 9.95. The van der Waals surface area contributed by atoms with Gasteiger partial charge in [-0.15, -0.1) is 0 Å². The van der Waals surface area contributed by atoms with Crippen LogP contribution in [0, 0.1) is 25.2 Å². The van der Waals surface area contributed by atoms with Crippen LogP contribution >= 0.6 is 27.5 Å². The molecule has 0 N–H and O–H groups in total. The maximum atomic E-state index is 9.24. The van der Waals surface area contributed by atoms with E-state index in [0.29, 0.717) is 23.8 Å². The predicted octanol–water partition coefficient (Wildman–Crippen LogP) is 9.38. The fourth-order valence-corrected chi connectivity index (χ4v) is 6.31. The zero-order valence-corrected chi connectivity index (χ0v) is 25.0. The summed E-state index contributed by atoms with van der Waals surface area (Å²) in [6.45, 7) is 4.96. The Morgan fingerprint density at radius 2 is 1.66 bits per heavy atom. The van der Waals surface area contributed by atoms with E-state index >= 15 is 0 Å². The Balaban J connectivity index is 1.38. The van der Waals surface area contributed by atoms with E-state index in [1.165, 1.54) is 16.7 Å². The van der Waals surface area contributed by atoms with Crippen molar-refractivity contribution < 1.29 is 9.47 Å². The van der Waals surface area contributed by atoms with E-state index in [1.54, 1.807) is 18.5 Å². The van der Waals surface area contributed by atoms with Gasteiger partial charge in [0, 0.05) is 44.1 Å².